The second-order valence-corrected chi connectivity index (χ2v) is 8.40. The van der Waals surface area contributed by atoms with Crippen LogP contribution in [0.15, 0.2) is 36.4 Å². The van der Waals surface area contributed by atoms with E-state index in [1.807, 2.05) is 38.1 Å². The minimum Gasteiger partial charge on any atom is -0.495 e. The molecule has 8 nitrogen and oxygen atoms in total. The predicted molar refractivity (Wildman–Crippen MR) is 127 cm³/mol. The number of amides is 3. The number of carbonyl (C=O) groups is 2. The van der Waals surface area contributed by atoms with Gasteiger partial charge >= 0.3 is 6.03 Å². The standard InChI is InChI=1S/C25H33N3O5/c1-16(2)12-24(29)26-15-20-18-14-23(33-5)22(32-4)13-17(18)10-11-28(20)25(30)27-19-8-6-7-9-21(19)31-3/h6-9,13-14,16,20H,10-12,15H2,1-5H3,(H,26,29)(H,27,30). The highest BCUT2D eigenvalue weighted by molar-refractivity contribution is 5.91. The molecule has 178 valence electrons. The predicted octanol–water partition coefficient (Wildman–Crippen LogP) is 4.01. The number of carbonyl (C=O) groups excluding carboxylic acids is 2. The fourth-order valence-electron chi connectivity index (χ4n) is 4.08. The molecule has 0 fully saturated rings. The lowest BCUT2D eigenvalue weighted by atomic mass is 9.91. The van der Waals surface area contributed by atoms with E-state index in [2.05, 4.69) is 10.6 Å². The summed E-state index contributed by atoms with van der Waals surface area (Å²) in [6, 6.07) is 10.5. The van der Waals surface area contributed by atoms with Crippen LogP contribution in [0.25, 0.3) is 0 Å². The summed E-state index contributed by atoms with van der Waals surface area (Å²) in [5.41, 5.74) is 2.58. The van der Waals surface area contributed by atoms with E-state index >= 15 is 0 Å². The topological polar surface area (TPSA) is 89.1 Å². The van der Waals surface area contributed by atoms with Gasteiger partial charge in [-0.2, -0.15) is 0 Å². The molecule has 0 aromatic heterocycles. The van der Waals surface area contributed by atoms with E-state index in [-0.39, 0.29) is 23.9 Å². The van der Waals surface area contributed by atoms with Gasteiger partial charge in [-0.15, -0.1) is 0 Å². The molecule has 0 aliphatic carbocycles. The van der Waals surface area contributed by atoms with Crippen molar-refractivity contribution in [1.29, 1.82) is 0 Å². The quantitative estimate of drug-likeness (QED) is 0.628. The van der Waals surface area contributed by atoms with Gasteiger partial charge in [0, 0.05) is 19.5 Å². The third-order valence-electron chi connectivity index (χ3n) is 5.70. The number of fused-ring (bicyclic) bond motifs is 1. The largest absolute Gasteiger partial charge is 0.495 e. The SMILES string of the molecule is COc1ccccc1NC(=O)N1CCc2cc(OC)c(OC)cc2C1CNC(=O)CC(C)C. The number of para-hydroxylation sites is 2. The first kappa shape index (κ1) is 24.2. The van der Waals surface area contributed by atoms with Gasteiger partial charge in [-0.05, 0) is 47.7 Å². The number of anilines is 1. The summed E-state index contributed by atoms with van der Waals surface area (Å²) in [7, 11) is 4.75. The summed E-state index contributed by atoms with van der Waals surface area (Å²) in [6.07, 6.45) is 1.09. The molecule has 0 bridgehead atoms. The van der Waals surface area contributed by atoms with E-state index in [1.54, 1.807) is 38.4 Å². The highest BCUT2D eigenvalue weighted by Crippen LogP contribution is 2.38. The normalized spacial score (nSPS) is 15.0. The Morgan fingerprint density at radius 2 is 1.70 bits per heavy atom. The molecule has 3 amide bonds. The highest BCUT2D eigenvalue weighted by Gasteiger charge is 2.33. The number of hydrogen-bond donors (Lipinski definition) is 2. The maximum atomic E-state index is 13.3. The molecule has 2 aromatic rings. The van der Waals surface area contributed by atoms with Gasteiger partial charge in [0.05, 0.1) is 33.1 Å². The van der Waals surface area contributed by atoms with E-state index in [0.29, 0.717) is 48.9 Å². The Kier molecular flexibility index (Phi) is 8.03. The number of benzene rings is 2. The van der Waals surface area contributed by atoms with Crippen LogP contribution in [0.4, 0.5) is 10.5 Å². The van der Waals surface area contributed by atoms with E-state index in [9.17, 15) is 9.59 Å². The lowest BCUT2D eigenvalue weighted by Crippen LogP contribution is -2.47. The van der Waals surface area contributed by atoms with Crippen molar-refractivity contribution in [3.63, 3.8) is 0 Å². The molecule has 2 aromatic carbocycles. The molecular formula is C25H33N3O5. The number of nitrogens with one attached hydrogen (secondary N) is 2. The summed E-state index contributed by atoms with van der Waals surface area (Å²) in [6.45, 7) is 4.79. The summed E-state index contributed by atoms with van der Waals surface area (Å²) in [4.78, 5) is 27.5. The molecular weight excluding hydrogens is 422 g/mol. The molecule has 1 atom stereocenters. The maximum Gasteiger partial charge on any atom is 0.322 e. The van der Waals surface area contributed by atoms with Crippen LogP contribution in [-0.4, -0.2) is 51.3 Å². The third kappa shape index (κ3) is 5.69. The Morgan fingerprint density at radius 1 is 1.03 bits per heavy atom. The van der Waals surface area contributed by atoms with E-state index in [4.69, 9.17) is 14.2 Å². The van der Waals surface area contributed by atoms with Crippen molar-refractivity contribution in [3.8, 4) is 17.2 Å². The first-order valence-electron chi connectivity index (χ1n) is 11.1. The van der Waals surface area contributed by atoms with Crippen molar-refractivity contribution < 1.29 is 23.8 Å². The molecule has 8 heteroatoms. The van der Waals surface area contributed by atoms with Crippen LogP contribution in [-0.2, 0) is 11.2 Å². The first-order chi connectivity index (χ1) is 15.9. The van der Waals surface area contributed by atoms with Crippen molar-refractivity contribution in [1.82, 2.24) is 10.2 Å². The van der Waals surface area contributed by atoms with Crippen molar-refractivity contribution in [2.45, 2.75) is 32.7 Å². The number of urea groups is 1. The molecule has 1 heterocycles. The molecule has 1 aliphatic rings. The second kappa shape index (κ2) is 10.9. The first-order valence-corrected chi connectivity index (χ1v) is 11.1. The maximum absolute atomic E-state index is 13.3. The van der Waals surface area contributed by atoms with Crippen LogP contribution in [0.5, 0.6) is 17.2 Å². The van der Waals surface area contributed by atoms with Crippen LogP contribution in [0, 0.1) is 5.92 Å². The summed E-state index contributed by atoms with van der Waals surface area (Å²) in [5, 5.41) is 5.96. The van der Waals surface area contributed by atoms with E-state index < -0.39 is 0 Å². The molecule has 1 aliphatic heterocycles. The molecule has 0 saturated heterocycles. The zero-order chi connectivity index (χ0) is 24.0. The number of methoxy groups -OCH3 is 3. The minimum absolute atomic E-state index is 0.0392. The van der Waals surface area contributed by atoms with Crippen LogP contribution in [0.2, 0.25) is 0 Å². The number of nitrogens with zero attached hydrogens (tertiary/aromatic N) is 1. The molecule has 0 saturated carbocycles. The van der Waals surface area contributed by atoms with E-state index in [0.717, 1.165) is 11.1 Å². The Balaban J connectivity index is 1.91. The second-order valence-electron chi connectivity index (χ2n) is 8.40. The van der Waals surface area contributed by atoms with Crippen LogP contribution < -0.4 is 24.8 Å². The smallest absolute Gasteiger partial charge is 0.322 e. The fourth-order valence-corrected chi connectivity index (χ4v) is 4.08. The summed E-state index contributed by atoms with van der Waals surface area (Å²) >= 11 is 0. The molecule has 33 heavy (non-hydrogen) atoms. The zero-order valence-corrected chi connectivity index (χ0v) is 19.9. The van der Waals surface area contributed by atoms with Crippen molar-refractivity contribution in [2.75, 3.05) is 39.7 Å². The van der Waals surface area contributed by atoms with Crippen molar-refractivity contribution in [2.24, 2.45) is 5.92 Å². The number of hydrogen-bond acceptors (Lipinski definition) is 5. The van der Waals surface area contributed by atoms with Gasteiger partial charge < -0.3 is 29.7 Å². The Labute approximate surface area is 195 Å². The van der Waals surface area contributed by atoms with E-state index in [1.165, 1.54) is 0 Å². The van der Waals surface area contributed by atoms with Gasteiger partial charge in [0.2, 0.25) is 5.91 Å². The molecule has 1 unspecified atom stereocenters. The fraction of sp³-hybridized carbons (Fsp3) is 0.440. The van der Waals surface area contributed by atoms with Crippen molar-refractivity contribution >= 4 is 17.6 Å². The lowest BCUT2D eigenvalue weighted by molar-refractivity contribution is -0.122. The van der Waals surface area contributed by atoms with Crippen molar-refractivity contribution in [3.05, 3.63) is 47.5 Å². The molecule has 0 radical (unpaired) electrons. The summed E-state index contributed by atoms with van der Waals surface area (Å²) < 4.78 is 16.3. The van der Waals surface area contributed by atoms with Gasteiger partial charge in [-0.1, -0.05) is 26.0 Å². The Morgan fingerprint density at radius 3 is 2.36 bits per heavy atom. The van der Waals surface area contributed by atoms with Crippen LogP contribution in [0.1, 0.15) is 37.4 Å². The molecule has 3 rings (SSSR count). The average Bonchev–Trinajstić information content (AvgIpc) is 2.81. The van der Waals surface area contributed by atoms with Crippen LogP contribution >= 0.6 is 0 Å². The highest BCUT2D eigenvalue weighted by atomic mass is 16.5. The lowest BCUT2D eigenvalue weighted by Gasteiger charge is -2.38. The van der Waals surface area contributed by atoms with Gasteiger partial charge in [0.25, 0.3) is 0 Å². The number of rotatable bonds is 8. The zero-order valence-electron chi connectivity index (χ0n) is 19.9. The minimum atomic E-state index is -0.362. The Hall–Kier alpha value is -3.42. The third-order valence-corrected chi connectivity index (χ3v) is 5.70. The molecule has 2 N–H and O–H groups in total. The number of ether oxygens (including phenoxy) is 3. The average molecular weight is 456 g/mol. The van der Waals surface area contributed by atoms with Gasteiger partial charge in [0.15, 0.2) is 11.5 Å². The monoisotopic (exact) mass is 455 g/mol. The molecule has 0 spiro atoms. The van der Waals surface area contributed by atoms with Gasteiger partial charge in [-0.3, -0.25) is 4.79 Å². The van der Waals surface area contributed by atoms with Gasteiger partial charge in [-0.25, -0.2) is 4.79 Å². The van der Waals surface area contributed by atoms with Gasteiger partial charge in [0.1, 0.15) is 5.75 Å². The summed E-state index contributed by atoms with van der Waals surface area (Å²) in [5.74, 6) is 2.02. The Bertz CT molecular complexity index is 992. The van der Waals surface area contributed by atoms with Crippen LogP contribution in [0.3, 0.4) is 0 Å².